The van der Waals surface area contributed by atoms with E-state index in [4.69, 9.17) is 18.5 Å². The summed E-state index contributed by atoms with van der Waals surface area (Å²) in [7, 11) is 1.45. The molecule has 0 aromatic heterocycles. The second-order valence-electron chi connectivity index (χ2n) is 20.3. The third-order valence-electron chi connectivity index (χ3n) is 12.0. The molecule has 0 aliphatic rings. The quantitative estimate of drug-likeness (QED) is 0.0211. The van der Waals surface area contributed by atoms with E-state index >= 15 is 0 Å². The first-order valence-electron chi connectivity index (χ1n) is 29.3. The van der Waals surface area contributed by atoms with Gasteiger partial charge in [0.05, 0.1) is 27.7 Å². The van der Waals surface area contributed by atoms with Crippen molar-refractivity contribution in [3.63, 3.8) is 0 Å². The molecule has 0 spiro atoms. The van der Waals surface area contributed by atoms with Gasteiger partial charge in [0.1, 0.15) is 19.8 Å². The SMILES string of the molecule is CC/C=C\C/C=C\C/C=C\C/C=C\C/C=C\C/C=C\C/C=C\C/C=C\C/C=C\C/C=C\CCCCCCCCC(=O)OC(COC(=O)CCCCCCCCCCCCCCC)COP(=O)(O)OCC[N+](C)(C)C. The van der Waals surface area contributed by atoms with Gasteiger partial charge in [0.15, 0.2) is 6.10 Å². The standard InChI is InChI=1S/C64H108NO8P/c1-6-8-10-12-14-16-18-20-21-22-23-24-25-26-27-28-29-30-31-32-33-34-35-36-37-38-39-40-41-42-43-45-47-49-51-53-55-57-64(67)73-62(61-72-74(68,69)71-59-58-65(3,4)5)60-70-63(66)56-54-52-50-48-46-44-19-17-15-13-11-9-7-2/h8,10,14,16,20-21,23-24,26-27,29-30,32-33,35-36,38-39,41-42,62H,6-7,9,11-13,15,17-19,22,25,28,31,34,37,40,43-61H2,1-5H3/p+1/b10-8-,16-14-,21-20-,24-23-,27-26-,30-29-,33-32-,36-35-,39-38-,42-41-. The molecule has 0 amide bonds. The highest BCUT2D eigenvalue weighted by molar-refractivity contribution is 7.47. The second kappa shape index (κ2) is 54.2. The number of phosphoric acid groups is 1. The fourth-order valence-electron chi connectivity index (χ4n) is 7.51. The number of quaternary nitrogens is 1. The summed E-state index contributed by atoms with van der Waals surface area (Å²) in [6.07, 6.45) is 77.0. The Morgan fingerprint density at radius 1 is 0.432 bits per heavy atom. The van der Waals surface area contributed by atoms with Crippen LogP contribution < -0.4 is 0 Å². The Morgan fingerprint density at radius 3 is 1.15 bits per heavy atom. The highest BCUT2D eigenvalue weighted by Crippen LogP contribution is 2.43. The first-order valence-corrected chi connectivity index (χ1v) is 30.8. The fraction of sp³-hybridized carbons (Fsp3) is 0.656. The summed E-state index contributed by atoms with van der Waals surface area (Å²) in [4.78, 5) is 35.6. The lowest BCUT2D eigenvalue weighted by Crippen LogP contribution is -2.37. The Labute approximate surface area is 454 Å². The zero-order valence-electron chi connectivity index (χ0n) is 47.8. The molecule has 0 aliphatic heterocycles. The molecule has 0 saturated heterocycles. The third-order valence-corrected chi connectivity index (χ3v) is 13.0. The summed E-state index contributed by atoms with van der Waals surface area (Å²) in [5, 5.41) is 0. The van der Waals surface area contributed by atoms with Gasteiger partial charge in [-0.1, -0.05) is 238 Å². The van der Waals surface area contributed by atoms with Crippen molar-refractivity contribution in [2.24, 2.45) is 0 Å². The van der Waals surface area contributed by atoms with Gasteiger partial charge in [0.2, 0.25) is 0 Å². The second-order valence-corrected chi connectivity index (χ2v) is 21.8. The van der Waals surface area contributed by atoms with Crippen LogP contribution in [0.4, 0.5) is 0 Å². The van der Waals surface area contributed by atoms with Gasteiger partial charge in [0.25, 0.3) is 0 Å². The summed E-state index contributed by atoms with van der Waals surface area (Å²) < 4.78 is 34.5. The van der Waals surface area contributed by atoms with E-state index in [2.05, 4.69) is 135 Å². The zero-order chi connectivity index (χ0) is 54.2. The summed E-state index contributed by atoms with van der Waals surface area (Å²) >= 11 is 0. The third kappa shape index (κ3) is 57.7. The molecule has 2 unspecified atom stereocenters. The van der Waals surface area contributed by atoms with Crippen LogP contribution in [0.1, 0.15) is 219 Å². The van der Waals surface area contributed by atoms with Crippen molar-refractivity contribution >= 4 is 19.8 Å². The number of rotatable bonds is 52. The molecule has 0 aromatic rings. The van der Waals surface area contributed by atoms with Gasteiger partial charge in [-0.15, -0.1) is 0 Å². The summed E-state index contributed by atoms with van der Waals surface area (Å²) in [5.41, 5.74) is 0. The van der Waals surface area contributed by atoms with Crippen LogP contribution in [0.3, 0.4) is 0 Å². The number of carbonyl (C=O) groups excluding carboxylic acids is 2. The van der Waals surface area contributed by atoms with E-state index < -0.39 is 26.5 Å². The molecule has 0 aliphatic carbocycles. The number of hydrogen-bond acceptors (Lipinski definition) is 7. The normalized spacial score (nSPS) is 14.2. The van der Waals surface area contributed by atoms with E-state index in [1.807, 2.05) is 21.1 Å². The maximum atomic E-state index is 12.8. The number of allylic oxidation sites excluding steroid dienone is 20. The Hall–Kier alpha value is -3.59. The molecule has 0 heterocycles. The highest BCUT2D eigenvalue weighted by atomic mass is 31.2. The highest BCUT2D eigenvalue weighted by Gasteiger charge is 2.27. The first-order chi connectivity index (χ1) is 36.0. The molecule has 10 heteroatoms. The fourth-order valence-corrected chi connectivity index (χ4v) is 8.25. The van der Waals surface area contributed by atoms with E-state index in [-0.39, 0.29) is 32.0 Å². The van der Waals surface area contributed by atoms with Crippen molar-refractivity contribution < 1.29 is 42.1 Å². The smallest absolute Gasteiger partial charge is 0.462 e. The molecule has 74 heavy (non-hydrogen) atoms. The molecule has 0 saturated carbocycles. The number of ether oxygens (including phenoxy) is 2. The van der Waals surface area contributed by atoms with Gasteiger partial charge >= 0.3 is 19.8 Å². The molecular weight excluding hydrogens is 942 g/mol. The van der Waals surface area contributed by atoms with Crippen molar-refractivity contribution in [1.29, 1.82) is 0 Å². The number of hydrogen-bond donors (Lipinski definition) is 1. The number of phosphoric ester groups is 1. The Morgan fingerprint density at radius 2 is 0.770 bits per heavy atom. The minimum absolute atomic E-state index is 0.0238. The topological polar surface area (TPSA) is 108 Å². The van der Waals surface area contributed by atoms with Crippen molar-refractivity contribution in [3.8, 4) is 0 Å². The summed E-state index contributed by atoms with van der Waals surface area (Å²) in [5.74, 6) is -0.819. The van der Waals surface area contributed by atoms with Gasteiger partial charge < -0.3 is 18.9 Å². The summed E-state index contributed by atoms with van der Waals surface area (Å²) in [6, 6.07) is 0. The molecule has 1 N–H and O–H groups in total. The molecule has 422 valence electrons. The number of likely N-dealkylation sites (N-methyl/N-ethyl adjacent to an activating group) is 1. The van der Waals surface area contributed by atoms with E-state index in [1.165, 1.54) is 64.2 Å². The molecule has 0 bridgehead atoms. The van der Waals surface area contributed by atoms with Crippen molar-refractivity contribution in [2.75, 3.05) is 47.5 Å². The largest absolute Gasteiger partial charge is 0.472 e. The van der Waals surface area contributed by atoms with Crippen LogP contribution in [-0.4, -0.2) is 74.9 Å². The lowest BCUT2D eigenvalue weighted by Gasteiger charge is -2.24. The predicted molar refractivity (Wildman–Crippen MR) is 316 cm³/mol. The van der Waals surface area contributed by atoms with E-state index in [1.54, 1.807) is 0 Å². The van der Waals surface area contributed by atoms with Gasteiger partial charge in [0, 0.05) is 12.8 Å². The first kappa shape index (κ1) is 70.4. The van der Waals surface area contributed by atoms with E-state index in [0.717, 1.165) is 122 Å². The molecule has 2 atom stereocenters. The van der Waals surface area contributed by atoms with E-state index in [9.17, 15) is 19.0 Å². The number of esters is 2. The minimum atomic E-state index is -4.39. The van der Waals surface area contributed by atoms with Crippen molar-refractivity contribution in [3.05, 3.63) is 122 Å². The van der Waals surface area contributed by atoms with Crippen LogP contribution >= 0.6 is 7.82 Å². The number of nitrogens with zero attached hydrogens (tertiary/aromatic N) is 1. The number of carbonyl (C=O) groups is 2. The van der Waals surface area contributed by atoms with Crippen LogP contribution in [0.5, 0.6) is 0 Å². The van der Waals surface area contributed by atoms with Crippen LogP contribution in [0, 0.1) is 0 Å². The molecule has 9 nitrogen and oxygen atoms in total. The van der Waals surface area contributed by atoms with Crippen LogP contribution in [0.25, 0.3) is 0 Å². The van der Waals surface area contributed by atoms with Gasteiger partial charge in [-0.3, -0.25) is 18.6 Å². The minimum Gasteiger partial charge on any atom is -0.462 e. The van der Waals surface area contributed by atoms with E-state index in [0.29, 0.717) is 17.4 Å². The van der Waals surface area contributed by atoms with Crippen molar-refractivity contribution in [2.45, 2.75) is 225 Å². The van der Waals surface area contributed by atoms with Crippen LogP contribution in [-0.2, 0) is 32.7 Å². The Kier molecular flexibility index (Phi) is 51.6. The summed E-state index contributed by atoms with van der Waals surface area (Å²) in [6.45, 7) is 4.29. The average molecular weight is 1050 g/mol. The lowest BCUT2D eigenvalue weighted by molar-refractivity contribution is -0.870. The van der Waals surface area contributed by atoms with Gasteiger partial charge in [-0.2, -0.15) is 0 Å². The van der Waals surface area contributed by atoms with Crippen molar-refractivity contribution in [1.82, 2.24) is 0 Å². The van der Waals surface area contributed by atoms with Crippen LogP contribution in [0.2, 0.25) is 0 Å². The lowest BCUT2D eigenvalue weighted by atomic mass is 10.0. The average Bonchev–Trinajstić information content (AvgIpc) is 3.36. The zero-order valence-corrected chi connectivity index (χ0v) is 48.7. The maximum absolute atomic E-state index is 12.8. The van der Waals surface area contributed by atoms with Crippen LogP contribution in [0.15, 0.2) is 122 Å². The molecule has 0 fully saturated rings. The molecule has 0 rings (SSSR count). The predicted octanol–water partition coefficient (Wildman–Crippen LogP) is 18.4. The molecule has 0 radical (unpaired) electrons. The Balaban J connectivity index is 4.17. The molecular formula is C64H109NO8P+. The molecule has 0 aromatic carbocycles. The monoisotopic (exact) mass is 1050 g/mol. The number of unbranched alkanes of at least 4 members (excludes halogenated alkanes) is 18. The van der Waals surface area contributed by atoms with Gasteiger partial charge in [-0.25, -0.2) is 4.57 Å². The Bertz CT molecular complexity index is 1660. The maximum Gasteiger partial charge on any atom is 0.472 e. The van der Waals surface area contributed by atoms with Gasteiger partial charge in [-0.05, 0) is 89.9 Å².